The SMILES string of the molecule is CCCCC/C=C\C/C=C\CCCCCCCCCCCC(=O)NC(COP(=O)([O-])OCC[N+](C)(C)C)C(O)CCCCCC. The van der Waals surface area contributed by atoms with E-state index in [9.17, 15) is 19.4 Å². The average Bonchev–Trinajstić information content (AvgIpc) is 2.97. The van der Waals surface area contributed by atoms with Crippen molar-refractivity contribution in [3.05, 3.63) is 24.3 Å². The Hall–Kier alpha value is -1.02. The number of carbonyl (C=O) groups is 1. The lowest BCUT2D eigenvalue weighted by Gasteiger charge is -2.30. The van der Waals surface area contributed by atoms with Crippen LogP contribution in [-0.4, -0.2) is 68.5 Å². The molecule has 2 N–H and O–H groups in total. The van der Waals surface area contributed by atoms with Gasteiger partial charge in [-0.3, -0.25) is 9.36 Å². The molecule has 0 aromatic carbocycles. The Morgan fingerprint density at radius 1 is 0.778 bits per heavy atom. The second-order valence-electron chi connectivity index (χ2n) is 13.6. The van der Waals surface area contributed by atoms with Crippen molar-refractivity contribution < 1.29 is 32.9 Å². The predicted octanol–water partition coefficient (Wildman–Crippen LogP) is 8.38. The molecule has 0 aliphatic carbocycles. The van der Waals surface area contributed by atoms with E-state index in [0.717, 1.165) is 51.4 Å². The molecule has 266 valence electrons. The number of hydrogen-bond acceptors (Lipinski definition) is 6. The molecular weight excluding hydrogens is 587 g/mol. The van der Waals surface area contributed by atoms with Gasteiger partial charge in [-0.25, -0.2) is 0 Å². The van der Waals surface area contributed by atoms with Crippen LogP contribution >= 0.6 is 7.82 Å². The van der Waals surface area contributed by atoms with E-state index in [4.69, 9.17) is 9.05 Å². The summed E-state index contributed by atoms with van der Waals surface area (Å²) in [4.78, 5) is 24.9. The first-order valence-corrected chi connectivity index (χ1v) is 19.6. The van der Waals surface area contributed by atoms with Crippen LogP contribution in [0.2, 0.25) is 0 Å². The molecule has 0 fully saturated rings. The van der Waals surface area contributed by atoms with E-state index in [1.54, 1.807) is 0 Å². The normalized spacial score (nSPS) is 15.1. The highest BCUT2D eigenvalue weighted by molar-refractivity contribution is 7.45. The van der Waals surface area contributed by atoms with Gasteiger partial charge < -0.3 is 28.8 Å². The predicted molar refractivity (Wildman–Crippen MR) is 187 cm³/mol. The lowest BCUT2D eigenvalue weighted by atomic mass is 10.0. The highest BCUT2D eigenvalue weighted by Gasteiger charge is 2.24. The Morgan fingerprint density at radius 2 is 1.29 bits per heavy atom. The lowest BCUT2D eigenvalue weighted by molar-refractivity contribution is -0.870. The van der Waals surface area contributed by atoms with Gasteiger partial charge in [0, 0.05) is 6.42 Å². The number of phosphoric ester groups is 1. The van der Waals surface area contributed by atoms with Gasteiger partial charge in [-0.15, -0.1) is 0 Å². The lowest BCUT2D eigenvalue weighted by Crippen LogP contribution is -2.46. The number of aliphatic hydroxyl groups is 1. The monoisotopic (exact) mass is 659 g/mol. The number of quaternary nitrogens is 1. The molecule has 0 rings (SSSR count). The zero-order valence-electron chi connectivity index (χ0n) is 29.8. The van der Waals surface area contributed by atoms with E-state index in [2.05, 4.69) is 43.5 Å². The van der Waals surface area contributed by atoms with Crippen molar-refractivity contribution in [2.45, 2.75) is 161 Å². The van der Waals surface area contributed by atoms with Gasteiger partial charge in [-0.2, -0.15) is 0 Å². The maximum Gasteiger partial charge on any atom is 0.268 e. The molecule has 3 atom stereocenters. The Morgan fingerprint density at radius 3 is 1.87 bits per heavy atom. The van der Waals surface area contributed by atoms with Gasteiger partial charge in [-0.05, 0) is 44.9 Å². The standard InChI is InChI=1S/C36H71N2O6P/c1-6-8-10-12-13-14-15-16-17-18-19-20-21-22-23-24-25-26-28-30-36(40)37-34(35(39)29-27-11-9-7-2)33-44-45(41,42)43-32-31-38(3,4)5/h13-14,16-17,34-35,39H,6-12,15,18-33H2,1-5H3,(H-,37,40,41,42)/b14-13-,17-16-. The number of unbranched alkanes of at least 4 members (excludes halogenated alkanes) is 15. The topological polar surface area (TPSA) is 108 Å². The van der Waals surface area contributed by atoms with Crippen LogP contribution in [0.1, 0.15) is 149 Å². The van der Waals surface area contributed by atoms with Crippen LogP contribution in [0.4, 0.5) is 0 Å². The summed E-state index contributed by atoms with van der Waals surface area (Å²) in [5.41, 5.74) is 0. The number of nitrogens with one attached hydrogen (secondary N) is 1. The van der Waals surface area contributed by atoms with Crippen LogP contribution in [0.15, 0.2) is 24.3 Å². The minimum atomic E-state index is -4.54. The van der Waals surface area contributed by atoms with Gasteiger partial charge in [0.15, 0.2) is 0 Å². The zero-order chi connectivity index (χ0) is 33.7. The molecule has 0 aromatic heterocycles. The minimum absolute atomic E-state index is 0.00997. The summed E-state index contributed by atoms with van der Waals surface area (Å²) in [7, 11) is 1.29. The fraction of sp³-hybridized carbons (Fsp3) is 0.861. The maximum absolute atomic E-state index is 12.7. The highest BCUT2D eigenvalue weighted by Crippen LogP contribution is 2.38. The number of amides is 1. The molecule has 0 bridgehead atoms. The molecule has 3 unspecified atom stereocenters. The molecule has 0 radical (unpaired) electrons. The molecule has 1 amide bonds. The van der Waals surface area contributed by atoms with Gasteiger partial charge in [-0.1, -0.05) is 122 Å². The largest absolute Gasteiger partial charge is 0.756 e. The average molecular weight is 659 g/mol. The summed E-state index contributed by atoms with van der Waals surface area (Å²) in [6.45, 7) is 4.54. The van der Waals surface area contributed by atoms with Crippen molar-refractivity contribution in [3.8, 4) is 0 Å². The Labute approximate surface area is 277 Å². The van der Waals surface area contributed by atoms with Crippen molar-refractivity contribution in [1.82, 2.24) is 5.32 Å². The fourth-order valence-electron chi connectivity index (χ4n) is 4.95. The highest BCUT2D eigenvalue weighted by atomic mass is 31.2. The van der Waals surface area contributed by atoms with E-state index < -0.39 is 20.0 Å². The van der Waals surface area contributed by atoms with Crippen LogP contribution in [0.25, 0.3) is 0 Å². The maximum atomic E-state index is 12.7. The molecule has 0 saturated heterocycles. The molecule has 9 heteroatoms. The third kappa shape index (κ3) is 31.4. The minimum Gasteiger partial charge on any atom is -0.756 e. The third-order valence-electron chi connectivity index (χ3n) is 7.94. The van der Waals surface area contributed by atoms with Gasteiger partial charge in [0.05, 0.1) is 39.9 Å². The van der Waals surface area contributed by atoms with Crippen molar-refractivity contribution in [3.63, 3.8) is 0 Å². The Balaban J connectivity index is 4.16. The second-order valence-corrected chi connectivity index (χ2v) is 15.0. The first-order valence-electron chi connectivity index (χ1n) is 18.2. The number of aliphatic hydroxyl groups excluding tert-OH is 1. The molecule has 0 aliphatic heterocycles. The smallest absolute Gasteiger partial charge is 0.268 e. The molecule has 0 saturated carbocycles. The Kier molecular flexibility index (Phi) is 28.5. The van der Waals surface area contributed by atoms with Crippen molar-refractivity contribution >= 4 is 13.7 Å². The van der Waals surface area contributed by atoms with Gasteiger partial charge in [0.2, 0.25) is 5.91 Å². The second kappa shape index (κ2) is 29.1. The van der Waals surface area contributed by atoms with E-state index in [-0.39, 0.29) is 19.1 Å². The number of allylic oxidation sites excluding steroid dienone is 4. The number of phosphoric acid groups is 1. The van der Waals surface area contributed by atoms with Crippen LogP contribution in [-0.2, 0) is 18.4 Å². The molecular formula is C36H71N2O6P. The van der Waals surface area contributed by atoms with E-state index in [0.29, 0.717) is 23.9 Å². The van der Waals surface area contributed by atoms with Crippen molar-refractivity contribution in [2.75, 3.05) is 40.9 Å². The number of carbonyl (C=O) groups excluding carboxylic acids is 1. The van der Waals surface area contributed by atoms with Crippen LogP contribution in [0.5, 0.6) is 0 Å². The van der Waals surface area contributed by atoms with Gasteiger partial charge >= 0.3 is 0 Å². The molecule has 0 aromatic rings. The van der Waals surface area contributed by atoms with E-state index in [1.807, 2.05) is 21.1 Å². The number of nitrogens with zero attached hydrogens (tertiary/aromatic N) is 1. The number of rotatable bonds is 32. The summed E-state index contributed by atoms with van der Waals surface area (Å²) in [5, 5.41) is 13.6. The zero-order valence-corrected chi connectivity index (χ0v) is 30.7. The summed E-state index contributed by atoms with van der Waals surface area (Å²) < 4.78 is 22.9. The van der Waals surface area contributed by atoms with Crippen LogP contribution < -0.4 is 10.2 Å². The van der Waals surface area contributed by atoms with Crippen LogP contribution in [0, 0.1) is 0 Å². The van der Waals surface area contributed by atoms with Crippen molar-refractivity contribution in [2.24, 2.45) is 0 Å². The number of likely N-dealkylation sites (N-methyl/N-ethyl adjacent to an activating group) is 1. The molecule has 0 aliphatic rings. The molecule has 0 spiro atoms. The molecule has 0 heterocycles. The summed E-state index contributed by atoms with van der Waals surface area (Å²) in [5.74, 6) is -0.181. The molecule has 8 nitrogen and oxygen atoms in total. The quantitative estimate of drug-likeness (QED) is 0.0325. The van der Waals surface area contributed by atoms with E-state index >= 15 is 0 Å². The summed E-state index contributed by atoms with van der Waals surface area (Å²) in [6, 6.07) is -0.795. The molecule has 45 heavy (non-hydrogen) atoms. The van der Waals surface area contributed by atoms with Crippen molar-refractivity contribution in [1.29, 1.82) is 0 Å². The Bertz CT molecular complexity index is 799. The first kappa shape index (κ1) is 44.0. The fourth-order valence-corrected chi connectivity index (χ4v) is 5.67. The van der Waals surface area contributed by atoms with E-state index in [1.165, 1.54) is 70.6 Å². The third-order valence-corrected chi connectivity index (χ3v) is 8.91. The van der Waals surface area contributed by atoms with Gasteiger partial charge in [0.25, 0.3) is 7.82 Å². The number of hydrogen-bond donors (Lipinski definition) is 2. The summed E-state index contributed by atoms with van der Waals surface area (Å²) in [6.07, 6.45) is 30.9. The summed E-state index contributed by atoms with van der Waals surface area (Å²) >= 11 is 0. The van der Waals surface area contributed by atoms with Gasteiger partial charge in [0.1, 0.15) is 13.2 Å². The van der Waals surface area contributed by atoms with Crippen LogP contribution in [0.3, 0.4) is 0 Å². The first-order chi connectivity index (χ1) is 21.5.